The maximum Gasteiger partial charge on any atom is 0.283 e. The van der Waals surface area contributed by atoms with Gasteiger partial charge in [0, 0.05) is 17.3 Å². The van der Waals surface area contributed by atoms with Gasteiger partial charge in [-0.15, -0.1) is 5.10 Å². The maximum atomic E-state index is 12.8. The van der Waals surface area contributed by atoms with Crippen LogP contribution in [0.5, 0.6) is 0 Å². The summed E-state index contributed by atoms with van der Waals surface area (Å²) >= 11 is 5.92. The fourth-order valence-corrected chi connectivity index (χ4v) is 3.34. The summed E-state index contributed by atoms with van der Waals surface area (Å²) in [4.78, 5) is 31.6. The molecule has 2 heterocycles. The summed E-state index contributed by atoms with van der Waals surface area (Å²) in [6.07, 6.45) is 1.36. The van der Waals surface area contributed by atoms with E-state index in [0.717, 1.165) is 11.3 Å². The summed E-state index contributed by atoms with van der Waals surface area (Å²) < 4.78 is 2.81. The van der Waals surface area contributed by atoms with Crippen LogP contribution in [0.1, 0.15) is 12.5 Å². The van der Waals surface area contributed by atoms with Gasteiger partial charge in [0.15, 0.2) is 11.2 Å². The Labute approximate surface area is 177 Å². The average molecular weight is 423 g/mol. The van der Waals surface area contributed by atoms with Crippen molar-refractivity contribution in [3.8, 4) is 0 Å². The molecule has 0 bridgehead atoms. The maximum absolute atomic E-state index is 12.8. The molecule has 0 fully saturated rings. The molecular formula is C21H19ClN6O2. The van der Waals surface area contributed by atoms with Gasteiger partial charge in [-0.2, -0.15) is 0 Å². The van der Waals surface area contributed by atoms with Gasteiger partial charge in [0.1, 0.15) is 12.9 Å². The van der Waals surface area contributed by atoms with Gasteiger partial charge in [0.25, 0.3) is 5.56 Å². The van der Waals surface area contributed by atoms with E-state index in [0.29, 0.717) is 23.8 Å². The first-order valence-electron chi connectivity index (χ1n) is 9.45. The van der Waals surface area contributed by atoms with E-state index < -0.39 is 5.56 Å². The van der Waals surface area contributed by atoms with Crippen LogP contribution in [0.25, 0.3) is 11.2 Å². The molecule has 0 spiro atoms. The molecule has 0 N–H and O–H groups in total. The largest absolute Gasteiger partial charge is 0.311 e. The van der Waals surface area contributed by atoms with Gasteiger partial charge in [-0.05, 0) is 36.8 Å². The highest BCUT2D eigenvalue weighted by molar-refractivity contribution is 6.30. The van der Waals surface area contributed by atoms with Crippen LogP contribution in [-0.2, 0) is 17.9 Å². The Morgan fingerprint density at radius 1 is 1.10 bits per heavy atom. The summed E-state index contributed by atoms with van der Waals surface area (Å²) in [5.41, 5.74) is 1.82. The van der Waals surface area contributed by atoms with Crippen molar-refractivity contribution in [1.82, 2.24) is 24.5 Å². The van der Waals surface area contributed by atoms with Crippen molar-refractivity contribution in [1.29, 1.82) is 0 Å². The van der Waals surface area contributed by atoms with Crippen LogP contribution in [-0.4, -0.2) is 37.0 Å². The number of fused-ring (bicyclic) bond motifs is 1. The minimum absolute atomic E-state index is 0.127. The Bertz CT molecular complexity index is 1230. The number of halogens is 1. The number of nitrogens with zero attached hydrogens (tertiary/aromatic N) is 6. The normalized spacial score (nSPS) is 11.0. The van der Waals surface area contributed by atoms with Gasteiger partial charge in [0.2, 0.25) is 5.91 Å². The predicted molar refractivity (Wildman–Crippen MR) is 115 cm³/mol. The van der Waals surface area contributed by atoms with Crippen LogP contribution in [0.15, 0.2) is 65.7 Å². The second kappa shape index (κ2) is 8.46. The summed E-state index contributed by atoms with van der Waals surface area (Å²) in [5, 5.41) is 8.69. The lowest BCUT2D eigenvalue weighted by Gasteiger charge is -2.21. The lowest BCUT2D eigenvalue weighted by atomic mass is 10.2. The summed E-state index contributed by atoms with van der Waals surface area (Å²) in [6, 6.07) is 16.6. The molecule has 0 aliphatic carbocycles. The zero-order chi connectivity index (χ0) is 21.1. The Hall–Kier alpha value is -3.52. The Morgan fingerprint density at radius 3 is 2.53 bits per heavy atom. The van der Waals surface area contributed by atoms with E-state index in [4.69, 9.17) is 11.6 Å². The second-order valence-electron chi connectivity index (χ2n) is 6.70. The van der Waals surface area contributed by atoms with Crippen molar-refractivity contribution in [2.75, 3.05) is 11.4 Å². The third-order valence-corrected chi connectivity index (χ3v) is 4.98. The smallest absolute Gasteiger partial charge is 0.283 e. The Balaban J connectivity index is 1.59. The minimum atomic E-state index is -0.403. The molecule has 0 aliphatic rings. The summed E-state index contributed by atoms with van der Waals surface area (Å²) in [7, 11) is 0. The molecule has 152 valence electrons. The van der Waals surface area contributed by atoms with Crippen molar-refractivity contribution >= 4 is 34.4 Å². The molecule has 2 aromatic heterocycles. The number of anilines is 1. The molecule has 2 aromatic carbocycles. The van der Waals surface area contributed by atoms with Crippen molar-refractivity contribution in [2.45, 2.75) is 20.0 Å². The SMILES string of the molecule is CCN(C(=O)Cn1cnc2c(nnn2Cc2ccc(Cl)cc2)c1=O)c1ccccc1. The van der Waals surface area contributed by atoms with Crippen molar-refractivity contribution in [3.63, 3.8) is 0 Å². The number of aromatic nitrogens is 5. The van der Waals surface area contributed by atoms with E-state index in [1.807, 2.05) is 49.4 Å². The quantitative estimate of drug-likeness (QED) is 0.477. The first-order chi connectivity index (χ1) is 14.6. The highest BCUT2D eigenvalue weighted by Gasteiger charge is 2.18. The molecule has 0 saturated carbocycles. The number of hydrogen-bond acceptors (Lipinski definition) is 5. The van der Waals surface area contributed by atoms with Gasteiger partial charge in [-0.1, -0.05) is 47.1 Å². The highest BCUT2D eigenvalue weighted by atomic mass is 35.5. The predicted octanol–water partition coefficient (Wildman–Crippen LogP) is 2.74. The number of amides is 1. The molecule has 1 amide bonds. The summed E-state index contributed by atoms with van der Waals surface area (Å²) in [5.74, 6) is -0.208. The minimum Gasteiger partial charge on any atom is -0.311 e. The number of para-hydroxylation sites is 1. The van der Waals surface area contributed by atoms with E-state index >= 15 is 0 Å². The molecule has 0 saturated heterocycles. The van der Waals surface area contributed by atoms with Gasteiger partial charge in [-0.25, -0.2) is 9.67 Å². The first kappa shape index (κ1) is 19.8. The lowest BCUT2D eigenvalue weighted by molar-refractivity contribution is -0.119. The second-order valence-corrected chi connectivity index (χ2v) is 7.13. The van der Waals surface area contributed by atoms with Crippen LogP contribution < -0.4 is 10.5 Å². The van der Waals surface area contributed by atoms with Crippen molar-refractivity contribution in [3.05, 3.63) is 81.9 Å². The van der Waals surface area contributed by atoms with Crippen LogP contribution in [0.4, 0.5) is 5.69 Å². The van der Waals surface area contributed by atoms with E-state index in [1.54, 1.807) is 21.7 Å². The zero-order valence-electron chi connectivity index (χ0n) is 16.3. The van der Waals surface area contributed by atoms with Crippen molar-refractivity contribution in [2.24, 2.45) is 0 Å². The number of hydrogen-bond donors (Lipinski definition) is 0. The Morgan fingerprint density at radius 2 is 1.83 bits per heavy atom. The molecule has 9 heteroatoms. The van der Waals surface area contributed by atoms with Crippen LogP contribution >= 0.6 is 11.6 Å². The lowest BCUT2D eigenvalue weighted by Crippen LogP contribution is -2.36. The molecule has 0 radical (unpaired) electrons. The summed E-state index contributed by atoms with van der Waals surface area (Å²) in [6.45, 7) is 2.65. The molecule has 0 aliphatic heterocycles. The monoisotopic (exact) mass is 422 g/mol. The number of rotatable bonds is 6. The molecule has 30 heavy (non-hydrogen) atoms. The van der Waals surface area contributed by atoms with Gasteiger partial charge < -0.3 is 4.90 Å². The third kappa shape index (κ3) is 3.95. The molecule has 4 rings (SSSR count). The molecule has 4 aromatic rings. The van der Waals surface area contributed by atoms with Gasteiger partial charge in [0.05, 0.1) is 6.54 Å². The fraction of sp³-hybridized carbons (Fsp3) is 0.190. The van der Waals surface area contributed by atoms with E-state index in [1.165, 1.54) is 10.9 Å². The average Bonchev–Trinajstić information content (AvgIpc) is 3.16. The van der Waals surface area contributed by atoms with E-state index in [9.17, 15) is 9.59 Å². The van der Waals surface area contributed by atoms with E-state index in [-0.39, 0.29) is 18.0 Å². The zero-order valence-corrected chi connectivity index (χ0v) is 17.0. The number of likely N-dealkylation sites (N-methyl/N-ethyl adjacent to an activating group) is 1. The topological polar surface area (TPSA) is 85.9 Å². The van der Waals surface area contributed by atoms with Crippen LogP contribution in [0, 0.1) is 0 Å². The van der Waals surface area contributed by atoms with Gasteiger partial charge >= 0.3 is 0 Å². The number of benzene rings is 2. The highest BCUT2D eigenvalue weighted by Crippen LogP contribution is 2.14. The first-order valence-corrected chi connectivity index (χ1v) is 9.83. The number of carbonyl (C=O) groups is 1. The van der Waals surface area contributed by atoms with Gasteiger partial charge in [-0.3, -0.25) is 14.2 Å². The molecular weight excluding hydrogens is 404 g/mol. The fourth-order valence-electron chi connectivity index (χ4n) is 3.21. The van der Waals surface area contributed by atoms with Crippen LogP contribution in [0.3, 0.4) is 0 Å². The van der Waals surface area contributed by atoms with Crippen molar-refractivity contribution < 1.29 is 4.79 Å². The number of carbonyl (C=O) groups excluding carboxylic acids is 1. The standard InChI is InChI=1S/C21H19ClN6O2/c1-2-27(17-6-4-3-5-7-17)18(29)13-26-14-23-20-19(21(26)30)24-25-28(20)12-15-8-10-16(22)11-9-15/h3-11,14H,2,12-13H2,1H3. The molecule has 0 unspecified atom stereocenters. The third-order valence-electron chi connectivity index (χ3n) is 4.73. The van der Waals surface area contributed by atoms with Crippen LogP contribution in [0.2, 0.25) is 5.02 Å². The molecule has 8 nitrogen and oxygen atoms in total. The van der Waals surface area contributed by atoms with E-state index in [2.05, 4.69) is 15.3 Å². The Kier molecular flexibility index (Phi) is 5.58. The molecule has 0 atom stereocenters.